The summed E-state index contributed by atoms with van der Waals surface area (Å²) < 4.78 is 3.10. The summed E-state index contributed by atoms with van der Waals surface area (Å²) in [5.41, 5.74) is 6.81. The summed E-state index contributed by atoms with van der Waals surface area (Å²) in [5.74, 6) is -0.278. The van der Waals surface area contributed by atoms with Crippen LogP contribution in [0.5, 0.6) is 0 Å². The Hall–Kier alpha value is -2.40. The Labute approximate surface area is 148 Å². The molecule has 0 saturated heterocycles. The summed E-state index contributed by atoms with van der Waals surface area (Å²) in [5, 5.41) is 5.39. The lowest BCUT2D eigenvalue weighted by atomic mass is 9.89. The Balaban J connectivity index is 1.74. The number of rotatable bonds is 2. The number of nitrogens with one attached hydrogen (secondary N) is 1. The molecule has 5 heteroatoms. The predicted octanol–water partition coefficient (Wildman–Crippen LogP) is 3.95. The first kappa shape index (κ1) is 15.1. The van der Waals surface area contributed by atoms with Gasteiger partial charge in [0, 0.05) is 35.0 Å². The van der Waals surface area contributed by atoms with Crippen molar-refractivity contribution in [2.24, 2.45) is 12.1 Å². The Morgan fingerprint density at radius 3 is 2.71 bits per heavy atom. The number of benzene rings is 2. The van der Waals surface area contributed by atoms with Gasteiger partial charge < -0.3 is 4.57 Å². The highest BCUT2D eigenvalue weighted by Gasteiger charge is 2.29. The van der Waals surface area contributed by atoms with Crippen molar-refractivity contribution in [1.29, 1.82) is 0 Å². The molecule has 0 aliphatic carbocycles. The van der Waals surface area contributed by atoms with Crippen LogP contribution in [-0.4, -0.2) is 16.2 Å². The maximum Gasteiger partial charge on any atom is 0.248 e. The Morgan fingerprint density at radius 2 is 1.92 bits per heavy atom. The van der Waals surface area contributed by atoms with Gasteiger partial charge in [0.05, 0.1) is 11.6 Å². The number of amides is 1. The van der Waals surface area contributed by atoms with Gasteiger partial charge in [-0.05, 0) is 29.3 Å². The number of nitrogens with zero attached hydrogens (tertiary/aromatic N) is 2. The summed E-state index contributed by atoms with van der Waals surface area (Å²) >= 11 is 3.45. The second-order valence-corrected chi connectivity index (χ2v) is 6.93. The quantitative estimate of drug-likeness (QED) is 0.717. The zero-order chi connectivity index (χ0) is 16.7. The average Bonchev–Trinajstić information content (AvgIpc) is 2.93. The molecule has 1 amide bonds. The van der Waals surface area contributed by atoms with Crippen LogP contribution in [0.25, 0.3) is 10.9 Å². The van der Waals surface area contributed by atoms with Crippen molar-refractivity contribution in [1.82, 2.24) is 9.99 Å². The number of fused-ring (bicyclic) bond motifs is 1. The first-order chi connectivity index (χ1) is 11.6. The zero-order valence-electron chi connectivity index (χ0n) is 13.2. The minimum absolute atomic E-state index is 0.0489. The van der Waals surface area contributed by atoms with Gasteiger partial charge in [-0.25, -0.2) is 5.43 Å². The number of aromatic nitrogens is 1. The van der Waals surface area contributed by atoms with Crippen LogP contribution in [-0.2, 0) is 11.8 Å². The molecule has 0 saturated carbocycles. The van der Waals surface area contributed by atoms with Gasteiger partial charge in [-0.15, -0.1) is 0 Å². The zero-order valence-corrected chi connectivity index (χ0v) is 14.7. The molecular weight excluding hydrogens is 366 g/mol. The molecule has 1 aromatic heterocycles. The van der Waals surface area contributed by atoms with Crippen LogP contribution in [0.2, 0.25) is 0 Å². The normalized spacial score (nSPS) is 17.7. The van der Waals surface area contributed by atoms with E-state index < -0.39 is 0 Å². The summed E-state index contributed by atoms with van der Waals surface area (Å²) in [6, 6.07) is 16.2. The van der Waals surface area contributed by atoms with Crippen LogP contribution in [0.15, 0.2) is 64.3 Å². The fourth-order valence-electron chi connectivity index (χ4n) is 3.26. The molecule has 120 valence electrons. The van der Waals surface area contributed by atoms with Crippen LogP contribution in [0.1, 0.15) is 23.5 Å². The van der Waals surface area contributed by atoms with Gasteiger partial charge in [-0.1, -0.05) is 46.3 Å². The summed E-state index contributed by atoms with van der Waals surface area (Å²) in [7, 11) is 2.01. The van der Waals surface area contributed by atoms with Gasteiger partial charge in [0.25, 0.3) is 0 Å². The molecule has 4 rings (SSSR count). The molecule has 3 aromatic rings. The molecule has 4 nitrogen and oxygen atoms in total. The predicted molar refractivity (Wildman–Crippen MR) is 99.1 cm³/mol. The third-order valence-corrected chi connectivity index (χ3v) is 5.02. The van der Waals surface area contributed by atoms with Gasteiger partial charge in [0.1, 0.15) is 0 Å². The number of carbonyl (C=O) groups excluding carboxylic acids is 1. The van der Waals surface area contributed by atoms with Crippen LogP contribution >= 0.6 is 15.9 Å². The van der Waals surface area contributed by atoms with Crippen LogP contribution in [0.3, 0.4) is 0 Å². The molecule has 2 heterocycles. The lowest BCUT2D eigenvalue weighted by Gasteiger charge is -2.21. The van der Waals surface area contributed by atoms with Gasteiger partial charge in [0.15, 0.2) is 0 Å². The minimum atomic E-state index is -0.229. The first-order valence-electron chi connectivity index (χ1n) is 7.80. The van der Waals surface area contributed by atoms with Crippen molar-refractivity contribution in [3.8, 4) is 0 Å². The third-order valence-electron chi connectivity index (χ3n) is 4.50. The fraction of sp³-hybridized carbons (Fsp3) is 0.158. The molecule has 1 N–H and O–H groups in total. The van der Waals surface area contributed by atoms with E-state index in [1.54, 1.807) is 0 Å². The van der Waals surface area contributed by atoms with Crippen LogP contribution < -0.4 is 5.43 Å². The second-order valence-electron chi connectivity index (χ2n) is 6.01. The summed E-state index contributed by atoms with van der Waals surface area (Å²) in [6.07, 6.45) is 2.65. The minimum Gasteiger partial charge on any atom is -0.350 e. The van der Waals surface area contributed by atoms with Crippen LogP contribution in [0.4, 0.5) is 0 Å². The van der Waals surface area contributed by atoms with E-state index in [2.05, 4.69) is 49.4 Å². The molecule has 2 aromatic carbocycles. The van der Waals surface area contributed by atoms with E-state index in [0.717, 1.165) is 32.2 Å². The molecule has 0 bridgehead atoms. The van der Waals surface area contributed by atoms with Crippen molar-refractivity contribution >= 4 is 38.5 Å². The van der Waals surface area contributed by atoms with Gasteiger partial charge in [-0.2, -0.15) is 5.10 Å². The van der Waals surface area contributed by atoms with Crippen molar-refractivity contribution in [2.75, 3.05) is 0 Å². The van der Waals surface area contributed by atoms with Gasteiger partial charge >= 0.3 is 0 Å². The SMILES string of the molecule is Cn1cc(C2CC(c3ccc(Br)cc3)=NNC2=O)c2ccccc21. The van der Waals surface area contributed by atoms with E-state index in [1.165, 1.54) is 0 Å². The highest BCUT2D eigenvalue weighted by atomic mass is 79.9. The molecule has 0 fully saturated rings. The van der Waals surface area contributed by atoms with E-state index in [4.69, 9.17) is 0 Å². The van der Waals surface area contributed by atoms with E-state index in [-0.39, 0.29) is 11.8 Å². The highest BCUT2D eigenvalue weighted by Crippen LogP contribution is 2.32. The fourth-order valence-corrected chi connectivity index (χ4v) is 3.52. The number of para-hydroxylation sites is 1. The monoisotopic (exact) mass is 381 g/mol. The van der Waals surface area contributed by atoms with E-state index >= 15 is 0 Å². The highest BCUT2D eigenvalue weighted by molar-refractivity contribution is 9.10. The summed E-state index contributed by atoms with van der Waals surface area (Å²) in [6.45, 7) is 0. The van der Waals surface area contributed by atoms with E-state index in [9.17, 15) is 4.79 Å². The lowest BCUT2D eigenvalue weighted by Crippen LogP contribution is -2.33. The molecule has 1 aliphatic heterocycles. The molecule has 24 heavy (non-hydrogen) atoms. The molecule has 1 aliphatic rings. The van der Waals surface area contributed by atoms with Gasteiger partial charge in [0.2, 0.25) is 5.91 Å². The van der Waals surface area contributed by atoms with Crippen molar-refractivity contribution in [3.63, 3.8) is 0 Å². The third kappa shape index (κ3) is 2.55. The molecule has 1 unspecified atom stereocenters. The number of hydrogen-bond donors (Lipinski definition) is 1. The number of carbonyl (C=O) groups is 1. The molecule has 1 atom stereocenters. The van der Waals surface area contributed by atoms with Crippen molar-refractivity contribution in [2.45, 2.75) is 12.3 Å². The number of hydrogen-bond acceptors (Lipinski definition) is 2. The van der Waals surface area contributed by atoms with Crippen molar-refractivity contribution in [3.05, 3.63) is 70.3 Å². The van der Waals surface area contributed by atoms with Gasteiger partial charge in [-0.3, -0.25) is 4.79 Å². The second kappa shape index (κ2) is 5.91. The molecule has 0 spiro atoms. The Morgan fingerprint density at radius 1 is 1.17 bits per heavy atom. The van der Waals surface area contributed by atoms with Crippen molar-refractivity contribution < 1.29 is 4.79 Å². The Kier molecular flexibility index (Phi) is 3.73. The lowest BCUT2D eigenvalue weighted by molar-refractivity contribution is -0.122. The maximum absolute atomic E-state index is 12.4. The van der Waals surface area contributed by atoms with E-state index in [0.29, 0.717) is 6.42 Å². The standard InChI is InChI=1S/C19H16BrN3O/c1-23-11-16(14-4-2-3-5-18(14)23)15-10-17(21-22-19(15)24)12-6-8-13(20)9-7-12/h2-9,11,15H,10H2,1H3,(H,22,24). The van der Waals surface area contributed by atoms with Crippen LogP contribution in [0, 0.1) is 0 Å². The van der Waals surface area contributed by atoms with E-state index in [1.807, 2.05) is 43.4 Å². The average molecular weight is 382 g/mol. The number of hydrazone groups is 1. The first-order valence-corrected chi connectivity index (χ1v) is 8.59. The number of aryl methyl sites for hydroxylation is 1. The maximum atomic E-state index is 12.4. The summed E-state index contributed by atoms with van der Waals surface area (Å²) in [4.78, 5) is 12.4. The molecular formula is C19H16BrN3O. The number of halogens is 1. The molecule has 0 radical (unpaired) electrons. The Bertz CT molecular complexity index is 956. The largest absolute Gasteiger partial charge is 0.350 e. The smallest absolute Gasteiger partial charge is 0.248 e. The topological polar surface area (TPSA) is 46.4 Å².